The van der Waals surface area contributed by atoms with Crippen LogP contribution in [-0.2, 0) is 26.2 Å². The van der Waals surface area contributed by atoms with Gasteiger partial charge in [0.1, 0.15) is 11.5 Å². The molecular weight excluding hydrogens is 366 g/mol. The molecule has 0 spiro atoms. The number of hydrogen-bond acceptors (Lipinski definition) is 7. The van der Waals surface area contributed by atoms with E-state index >= 15 is 0 Å². The predicted octanol–water partition coefficient (Wildman–Crippen LogP) is 1.02. The summed E-state index contributed by atoms with van der Waals surface area (Å²) in [4.78, 5) is 0.0835. The Kier molecular flexibility index (Phi) is 4.90. The minimum Gasteiger partial charge on any atom is -0.497 e. The summed E-state index contributed by atoms with van der Waals surface area (Å²) in [6.07, 6.45) is 1.51. The molecule has 3 rings (SSSR count). The maximum Gasteiger partial charge on any atom is 0.183 e. The second-order valence-electron chi connectivity index (χ2n) is 5.90. The maximum atomic E-state index is 12.9. The molecule has 0 saturated carbocycles. The zero-order valence-electron chi connectivity index (χ0n) is 13.6. The highest BCUT2D eigenvalue weighted by Crippen LogP contribution is 2.27. The first kappa shape index (κ1) is 18.0. The lowest BCUT2D eigenvalue weighted by atomic mass is 10.2. The number of sulfone groups is 2. The summed E-state index contributed by atoms with van der Waals surface area (Å²) < 4.78 is 60.2. The number of methoxy groups -OCH3 is 1. The van der Waals surface area contributed by atoms with Gasteiger partial charge in [-0.15, -0.1) is 0 Å². The zero-order chi connectivity index (χ0) is 18.1. The fourth-order valence-corrected chi connectivity index (χ4v) is 7.61. The number of nitrogens with one attached hydrogen (secondary N) is 1. The molecule has 1 aromatic heterocycles. The molecule has 1 fully saturated rings. The molecule has 2 unspecified atom stereocenters. The van der Waals surface area contributed by atoms with Crippen LogP contribution in [0.15, 0.2) is 52.0 Å². The summed E-state index contributed by atoms with van der Waals surface area (Å²) in [5.41, 5.74) is 0. The van der Waals surface area contributed by atoms with E-state index in [1.807, 2.05) is 0 Å². The number of benzene rings is 1. The number of ether oxygens (including phenoxy) is 1. The van der Waals surface area contributed by atoms with Gasteiger partial charge in [0.15, 0.2) is 19.7 Å². The Bertz CT molecular complexity index is 918. The molecule has 2 heterocycles. The molecule has 1 aliphatic rings. The quantitative estimate of drug-likeness (QED) is 0.792. The Morgan fingerprint density at radius 1 is 1.20 bits per heavy atom. The van der Waals surface area contributed by atoms with E-state index in [0.717, 1.165) is 0 Å². The molecule has 1 aromatic carbocycles. The minimum absolute atomic E-state index is 0.0835. The fourth-order valence-electron chi connectivity index (χ4n) is 2.90. The first-order valence-corrected chi connectivity index (χ1v) is 11.0. The average Bonchev–Trinajstić information content (AvgIpc) is 3.20. The van der Waals surface area contributed by atoms with Crippen LogP contribution in [0.1, 0.15) is 5.76 Å². The van der Waals surface area contributed by atoms with Crippen LogP contribution in [-0.4, -0.2) is 46.7 Å². The van der Waals surface area contributed by atoms with Gasteiger partial charge in [0.25, 0.3) is 0 Å². The van der Waals surface area contributed by atoms with Gasteiger partial charge in [-0.1, -0.05) is 0 Å². The molecular formula is C16H19NO6S2. The normalized spacial score (nSPS) is 22.8. The molecule has 0 bridgehead atoms. The molecule has 25 heavy (non-hydrogen) atoms. The fraction of sp³-hybridized carbons (Fsp3) is 0.375. The molecule has 1 aliphatic heterocycles. The SMILES string of the molecule is COc1ccc(S(=O)(=O)C2CS(=O)(=O)CC2NCc2ccco2)cc1. The van der Waals surface area contributed by atoms with E-state index < -0.39 is 36.7 Å². The van der Waals surface area contributed by atoms with Crippen LogP contribution in [0.2, 0.25) is 0 Å². The van der Waals surface area contributed by atoms with Gasteiger partial charge in [-0.3, -0.25) is 0 Å². The Balaban J connectivity index is 1.85. The molecule has 0 radical (unpaired) electrons. The van der Waals surface area contributed by atoms with Gasteiger partial charge < -0.3 is 14.5 Å². The number of rotatable bonds is 6. The van der Waals surface area contributed by atoms with Crippen molar-refractivity contribution in [2.45, 2.75) is 22.7 Å². The van der Waals surface area contributed by atoms with Gasteiger partial charge in [0, 0.05) is 6.04 Å². The summed E-state index contributed by atoms with van der Waals surface area (Å²) >= 11 is 0. The third kappa shape index (κ3) is 3.88. The van der Waals surface area contributed by atoms with E-state index in [0.29, 0.717) is 11.5 Å². The standard InChI is InChI=1S/C16H19NO6S2/c1-22-12-4-6-14(7-5-12)25(20,21)16-11-24(18,19)10-15(16)17-9-13-3-2-8-23-13/h2-8,15-17H,9-11H2,1H3. The van der Waals surface area contributed by atoms with Crippen LogP contribution in [0, 0.1) is 0 Å². The first-order valence-electron chi connectivity index (χ1n) is 7.66. The lowest BCUT2D eigenvalue weighted by Gasteiger charge is -2.19. The van der Waals surface area contributed by atoms with E-state index in [-0.39, 0.29) is 17.2 Å². The third-order valence-corrected chi connectivity index (χ3v) is 8.37. The summed E-state index contributed by atoms with van der Waals surface area (Å²) in [6, 6.07) is 8.72. The molecule has 0 amide bonds. The van der Waals surface area contributed by atoms with Crippen LogP contribution in [0.25, 0.3) is 0 Å². The summed E-state index contributed by atoms with van der Waals surface area (Å²) in [6.45, 7) is 0.266. The van der Waals surface area contributed by atoms with Gasteiger partial charge in [-0.2, -0.15) is 0 Å². The van der Waals surface area contributed by atoms with E-state index in [1.165, 1.54) is 25.5 Å². The third-order valence-electron chi connectivity index (χ3n) is 4.21. The van der Waals surface area contributed by atoms with Crippen LogP contribution in [0.5, 0.6) is 5.75 Å². The number of hydrogen-bond donors (Lipinski definition) is 1. The van der Waals surface area contributed by atoms with E-state index in [9.17, 15) is 16.8 Å². The summed E-state index contributed by atoms with van der Waals surface area (Å²) in [5, 5.41) is 1.97. The molecule has 2 aromatic rings. The van der Waals surface area contributed by atoms with Crippen LogP contribution in [0.4, 0.5) is 0 Å². The van der Waals surface area contributed by atoms with Crippen molar-refractivity contribution in [3.05, 3.63) is 48.4 Å². The zero-order valence-corrected chi connectivity index (χ0v) is 15.2. The largest absolute Gasteiger partial charge is 0.497 e. The summed E-state index contributed by atoms with van der Waals surface area (Å²) in [7, 11) is -5.75. The van der Waals surface area contributed by atoms with Crippen LogP contribution in [0.3, 0.4) is 0 Å². The smallest absolute Gasteiger partial charge is 0.183 e. The van der Waals surface area contributed by atoms with Gasteiger partial charge >= 0.3 is 0 Å². The molecule has 2 atom stereocenters. The van der Waals surface area contributed by atoms with Crippen LogP contribution >= 0.6 is 0 Å². The average molecular weight is 385 g/mol. The molecule has 1 saturated heterocycles. The summed E-state index contributed by atoms with van der Waals surface area (Å²) in [5.74, 6) is 0.542. The van der Waals surface area contributed by atoms with Gasteiger partial charge in [0.05, 0.1) is 41.6 Å². The van der Waals surface area contributed by atoms with Crippen LogP contribution < -0.4 is 10.1 Å². The molecule has 0 aliphatic carbocycles. The maximum absolute atomic E-state index is 12.9. The highest BCUT2D eigenvalue weighted by Gasteiger charge is 2.45. The Morgan fingerprint density at radius 2 is 1.92 bits per heavy atom. The van der Waals surface area contributed by atoms with E-state index in [1.54, 1.807) is 24.3 Å². The predicted molar refractivity (Wildman–Crippen MR) is 92.0 cm³/mol. The highest BCUT2D eigenvalue weighted by molar-refractivity contribution is 7.96. The number of furan rings is 1. The Labute approximate surface area is 146 Å². The minimum atomic E-state index is -3.80. The van der Waals surface area contributed by atoms with E-state index in [4.69, 9.17) is 9.15 Å². The molecule has 7 nitrogen and oxygen atoms in total. The van der Waals surface area contributed by atoms with Gasteiger partial charge in [-0.05, 0) is 36.4 Å². The molecule has 136 valence electrons. The van der Waals surface area contributed by atoms with Crippen molar-refractivity contribution >= 4 is 19.7 Å². The van der Waals surface area contributed by atoms with Gasteiger partial charge in [0.2, 0.25) is 0 Å². The van der Waals surface area contributed by atoms with E-state index in [2.05, 4.69) is 5.32 Å². The van der Waals surface area contributed by atoms with Crippen molar-refractivity contribution < 1.29 is 26.0 Å². The lowest BCUT2D eigenvalue weighted by Crippen LogP contribution is -2.42. The van der Waals surface area contributed by atoms with Crippen molar-refractivity contribution in [3.63, 3.8) is 0 Å². The molecule has 1 N–H and O–H groups in total. The van der Waals surface area contributed by atoms with Gasteiger partial charge in [-0.25, -0.2) is 16.8 Å². The Hall–Kier alpha value is -1.84. The van der Waals surface area contributed by atoms with Crippen molar-refractivity contribution in [1.29, 1.82) is 0 Å². The monoisotopic (exact) mass is 385 g/mol. The lowest BCUT2D eigenvalue weighted by molar-refractivity contribution is 0.414. The van der Waals surface area contributed by atoms with Crippen molar-refractivity contribution in [3.8, 4) is 5.75 Å². The van der Waals surface area contributed by atoms with Crippen molar-refractivity contribution in [2.75, 3.05) is 18.6 Å². The Morgan fingerprint density at radius 3 is 2.52 bits per heavy atom. The van der Waals surface area contributed by atoms with Crippen molar-refractivity contribution in [2.24, 2.45) is 0 Å². The van der Waals surface area contributed by atoms with Crippen molar-refractivity contribution in [1.82, 2.24) is 5.32 Å². The second-order valence-corrected chi connectivity index (χ2v) is 10.2. The highest BCUT2D eigenvalue weighted by atomic mass is 32.2. The topological polar surface area (TPSA) is 103 Å². The molecule has 9 heteroatoms. The first-order chi connectivity index (χ1) is 11.8. The second kappa shape index (κ2) is 6.81.